The van der Waals surface area contributed by atoms with Crippen molar-refractivity contribution in [1.29, 1.82) is 0 Å². The second kappa shape index (κ2) is 26.3. The van der Waals surface area contributed by atoms with Crippen molar-refractivity contribution < 1.29 is 62.5 Å². The van der Waals surface area contributed by atoms with Gasteiger partial charge >= 0.3 is 17.9 Å². The highest BCUT2D eigenvalue weighted by atomic mass is 32.1. The second-order valence-electron chi connectivity index (χ2n) is 29.5. The third kappa shape index (κ3) is 12.2. The van der Waals surface area contributed by atoms with Crippen LogP contribution in [0.4, 0.5) is 0 Å². The number of furan rings is 1. The number of fused-ring (bicyclic) bond motifs is 6. The highest BCUT2D eigenvalue weighted by molar-refractivity contribution is 7.22. The summed E-state index contributed by atoms with van der Waals surface area (Å²) in [7, 11) is 0. The summed E-state index contributed by atoms with van der Waals surface area (Å²) in [6.45, 7) is 19.0. The number of hydrogen-bond acceptors (Lipinski definition) is 15. The highest BCUT2D eigenvalue weighted by Crippen LogP contribution is 2.53. The Balaban J connectivity index is 0.000000118. The molecule has 6 aromatic heterocycles. The van der Waals surface area contributed by atoms with E-state index >= 15 is 0 Å². The molecule has 0 amide bonds. The molecule has 0 unspecified atom stereocenters. The third-order valence-corrected chi connectivity index (χ3v) is 24.8. The zero-order valence-electron chi connectivity index (χ0n) is 57.5. The Morgan fingerprint density at radius 3 is 1.19 bits per heavy atom. The average Bonchev–Trinajstić information content (AvgIpc) is 1.73. The first-order valence-electron chi connectivity index (χ1n) is 34.9. The Bertz CT molecular complexity index is 5080. The minimum absolute atomic E-state index is 0.172. The van der Waals surface area contributed by atoms with Crippen LogP contribution in [-0.4, -0.2) is 108 Å². The molecule has 516 valence electrons. The molecule has 6 aliphatic rings. The lowest BCUT2D eigenvalue weighted by atomic mass is 9.61. The molecule has 3 saturated heterocycles. The molecule has 6 aromatic carbocycles. The van der Waals surface area contributed by atoms with Gasteiger partial charge in [0.1, 0.15) is 28.5 Å². The van der Waals surface area contributed by atoms with Crippen LogP contribution < -0.4 is 14.2 Å². The van der Waals surface area contributed by atoms with Crippen molar-refractivity contribution in [3.05, 3.63) is 177 Å². The number of thiophene rings is 2. The van der Waals surface area contributed by atoms with Gasteiger partial charge in [-0.1, -0.05) is 72.8 Å². The van der Waals surface area contributed by atoms with E-state index in [1.165, 1.54) is 33.0 Å². The minimum Gasteiger partial charge on any atom is -0.493 e. The van der Waals surface area contributed by atoms with Crippen molar-refractivity contribution >= 4 is 104 Å². The van der Waals surface area contributed by atoms with Gasteiger partial charge < -0.3 is 48.2 Å². The van der Waals surface area contributed by atoms with E-state index in [2.05, 4.69) is 38.1 Å². The molecule has 3 spiro atoms. The lowest BCUT2D eigenvalue weighted by Gasteiger charge is -2.53. The van der Waals surface area contributed by atoms with Crippen molar-refractivity contribution in [2.45, 2.75) is 92.9 Å². The molecule has 3 N–H and O–H groups in total. The number of pyridine rings is 3. The number of aromatic carboxylic acids is 3. The van der Waals surface area contributed by atoms with Crippen LogP contribution in [0.25, 0.3) is 96.4 Å². The second-order valence-corrected chi connectivity index (χ2v) is 31.6. The average molecular weight is 1390 g/mol. The smallest absolute Gasteiger partial charge is 0.336 e. The molecule has 16 nitrogen and oxygen atoms in total. The van der Waals surface area contributed by atoms with Crippen LogP contribution in [0.5, 0.6) is 17.2 Å². The fraction of sp³-hybridized carbons (Fsp3) is 0.349. The monoisotopic (exact) mass is 1390 g/mol. The number of ether oxygens (including phenoxy) is 6. The van der Waals surface area contributed by atoms with Crippen molar-refractivity contribution in [1.82, 2.24) is 15.0 Å². The summed E-state index contributed by atoms with van der Waals surface area (Å²) in [5, 5.41) is 35.5. The van der Waals surface area contributed by atoms with E-state index in [9.17, 15) is 29.7 Å². The highest BCUT2D eigenvalue weighted by Gasteiger charge is 2.51. The zero-order chi connectivity index (χ0) is 69.6. The number of para-hydroxylation sites is 1. The summed E-state index contributed by atoms with van der Waals surface area (Å²) in [4.78, 5) is 54.0. The summed E-state index contributed by atoms with van der Waals surface area (Å²) in [5.74, 6) is 0.892. The number of carboxylic acid groups (broad SMARTS) is 3. The SMILES string of the molecule is Cc1c(-c2cc(C(=O)O)c3c(OCC4CC5(COC5)C4)ccc(C)c3n2)oc2ccccc12.Cc1c(-c2cc(C(=O)O)c3c(OCC4CC5(COC5)C4)ccc(C)c3n2)sc2ccccc12.Cc1c(-c2cc(C(=O)O)c3c(OCC4CCC5(CC4)COC5)ccc(C)c3n2)sc2ccccc12. The number of rotatable bonds is 15. The molecule has 3 aliphatic carbocycles. The first kappa shape index (κ1) is 66.3. The predicted molar refractivity (Wildman–Crippen MR) is 395 cm³/mol. The molecule has 0 bridgehead atoms. The van der Waals surface area contributed by atoms with Crippen molar-refractivity contribution in [2.24, 2.45) is 34.0 Å². The normalized spacial score (nSPS) is 18.5. The summed E-state index contributed by atoms with van der Waals surface area (Å²) in [6.07, 6.45) is 9.10. The molecule has 18 heteroatoms. The number of carboxylic acids is 3. The Hall–Kier alpha value is -9.30. The number of nitrogens with zero attached hydrogens (tertiary/aromatic N) is 3. The summed E-state index contributed by atoms with van der Waals surface area (Å²) < 4.78 is 43.3. The maximum atomic E-state index is 12.4. The third-order valence-electron chi connectivity index (χ3n) is 22.2. The number of carbonyl (C=O) groups is 3. The molecule has 12 aromatic rings. The Labute approximate surface area is 592 Å². The van der Waals surface area contributed by atoms with Gasteiger partial charge in [-0.15, -0.1) is 22.7 Å². The van der Waals surface area contributed by atoms with Crippen LogP contribution >= 0.6 is 22.7 Å². The van der Waals surface area contributed by atoms with Crippen LogP contribution in [0.1, 0.15) is 116 Å². The molecule has 0 atom stereocenters. The first-order chi connectivity index (χ1) is 48.8. The van der Waals surface area contributed by atoms with Gasteiger partial charge in [0.05, 0.1) is 130 Å². The number of aryl methyl sites for hydroxylation is 6. The van der Waals surface area contributed by atoms with Gasteiger partial charge in [0.15, 0.2) is 5.76 Å². The maximum Gasteiger partial charge on any atom is 0.336 e. The predicted octanol–water partition coefficient (Wildman–Crippen LogP) is 19.0. The topological polar surface area (TPSA) is 219 Å². The van der Waals surface area contributed by atoms with Gasteiger partial charge in [0.2, 0.25) is 0 Å². The molecule has 3 saturated carbocycles. The molecule has 9 heterocycles. The first-order valence-corrected chi connectivity index (χ1v) is 36.6. The minimum atomic E-state index is -1.01. The molecule has 101 heavy (non-hydrogen) atoms. The largest absolute Gasteiger partial charge is 0.493 e. The van der Waals surface area contributed by atoms with E-state index < -0.39 is 17.9 Å². The number of benzene rings is 6. The van der Waals surface area contributed by atoms with Crippen LogP contribution in [0.3, 0.4) is 0 Å². The van der Waals surface area contributed by atoms with E-state index in [1.807, 2.05) is 113 Å². The van der Waals surface area contributed by atoms with E-state index in [0.717, 1.165) is 132 Å². The quantitative estimate of drug-likeness (QED) is 0.0869. The van der Waals surface area contributed by atoms with E-state index in [4.69, 9.17) is 47.8 Å². The van der Waals surface area contributed by atoms with E-state index in [0.29, 0.717) is 127 Å². The summed E-state index contributed by atoms with van der Waals surface area (Å²) in [5.41, 5.74) is 12.5. The molecule has 0 radical (unpaired) electrons. The standard InChI is InChI=1S/C29H29NO4S.C27H25NO5.C27H25NO4S/c1-17-7-8-23(34-14-19-9-11-29(12-10-19)15-33-16-29)25-21(28(31)32)13-22(30-26(17)25)27-18(2)20-5-3-4-6-24(20)35-27;1-15-7-8-22(32-12-17-10-27(11-17)13-31-14-27)23-19(26(29)30)9-20(28-24(15)23)25-16(2)18-5-3-4-6-21(18)33-25;1-15-7-8-21(32-12-17-10-27(11-17)13-31-14-27)23-19(26(29)30)9-20(28-24(15)23)25-16(2)18-5-3-4-6-22(18)33-25/h3-8,13,19H,9-12,14-16H2,1-2H3,(H,31,32);2*3-9,17H,10-14H2,1-2H3,(H,29,30). The Kier molecular flexibility index (Phi) is 17.2. The van der Waals surface area contributed by atoms with Crippen LogP contribution in [0.15, 0.2) is 132 Å². The van der Waals surface area contributed by atoms with Gasteiger partial charge in [-0.05, 0) is 204 Å². The zero-order valence-corrected chi connectivity index (χ0v) is 59.1. The molecular weight excluding hydrogens is 1310 g/mol. The molecule has 6 fully saturated rings. The van der Waals surface area contributed by atoms with Crippen molar-refractivity contribution in [3.8, 4) is 49.8 Å². The van der Waals surface area contributed by atoms with E-state index in [1.54, 1.807) is 40.9 Å². The van der Waals surface area contributed by atoms with Crippen LogP contribution in [-0.2, 0) is 14.2 Å². The van der Waals surface area contributed by atoms with Crippen molar-refractivity contribution in [3.63, 3.8) is 0 Å². The Morgan fingerprint density at radius 2 is 0.812 bits per heavy atom. The summed E-state index contributed by atoms with van der Waals surface area (Å²) >= 11 is 3.31. The fourth-order valence-corrected chi connectivity index (χ4v) is 18.7. The number of hydrogen-bond donors (Lipinski definition) is 3. The molecule has 18 rings (SSSR count). The maximum absolute atomic E-state index is 12.4. The fourth-order valence-electron chi connectivity index (χ4n) is 16.4. The van der Waals surface area contributed by atoms with Gasteiger partial charge in [-0.25, -0.2) is 29.3 Å². The van der Waals surface area contributed by atoms with Crippen molar-refractivity contribution in [2.75, 3.05) is 59.5 Å². The van der Waals surface area contributed by atoms with Crippen LogP contribution in [0.2, 0.25) is 0 Å². The van der Waals surface area contributed by atoms with Gasteiger partial charge in [-0.3, -0.25) is 0 Å². The molecular formula is C83H79N3O13S2. The van der Waals surface area contributed by atoms with Crippen LogP contribution in [0, 0.1) is 75.5 Å². The number of aromatic nitrogens is 3. The lowest BCUT2D eigenvalue weighted by Crippen LogP contribution is -2.53. The molecule has 3 aliphatic heterocycles. The Morgan fingerprint density at radius 1 is 0.446 bits per heavy atom. The van der Waals surface area contributed by atoms with Gasteiger partial charge in [-0.2, -0.15) is 0 Å². The van der Waals surface area contributed by atoms with Gasteiger partial charge in [0, 0.05) is 36.6 Å². The summed E-state index contributed by atoms with van der Waals surface area (Å²) in [6, 6.07) is 40.8. The van der Waals surface area contributed by atoms with Gasteiger partial charge in [0.25, 0.3) is 0 Å². The van der Waals surface area contributed by atoms with E-state index in [-0.39, 0.29) is 16.7 Å². The lowest BCUT2D eigenvalue weighted by molar-refractivity contribution is -0.182.